The molecule has 1 aromatic heterocycles. The van der Waals surface area contributed by atoms with E-state index in [1.54, 1.807) is 0 Å². The zero-order valence-electron chi connectivity index (χ0n) is 29.2. The molecule has 3 N–H and O–H groups in total. The molecule has 1 fully saturated rings. The van der Waals surface area contributed by atoms with Crippen molar-refractivity contribution >= 4 is 70.5 Å². The number of nitrogens with zero attached hydrogens (tertiary/aromatic N) is 3. The van der Waals surface area contributed by atoms with Crippen LogP contribution in [0.3, 0.4) is 0 Å². The SMILES string of the molecule is CC/C=C\C/C=C\C/C=C\C/C=C\C/C=C\C/C=C\CCC(=O)NCCNC(=O)OC[C@@H]1O[C@H](n2ccc(N(CC(Cl)(Cl)Cl)C(=O)O)nc2=O)CS1. The molecule has 3 amide bonds. The van der Waals surface area contributed by atoms with E-state index in [0.717, 1.165) is 38.5 Å². The minimum absolute atomic E-state index is 0.0817. The summed E-state index contributed by atoms with van der Waals surface area (Å²) < 4.78 is 10.3. The summed E-state index contributed by atoms with van der Waals surface area (Å²) in [7, 11) is 0. The molecule has 52 heavy (non-hydrogen) atoms. The molecule has 2 atom stereocenters. The van der Waals surface area contributed by atoms with Gasteiger partial charge in [-0.15, -0.1) is 11.8 Å². The van der Waals surface area contributed by atoms with E-state index in [1.807, 2.05) is 12.2 Å². The van der Waals surface area contributed by atoms with Gasteiger partial charge in [0.25, 0.3) is 0 Å². The number of allylic oxidation sites excluding steroid dienone is 12. The maximum atomic E-state index is 12.6. The highest BCUT2D eigenvalue weighted by molar-refractivity contribution is 8.00. The Morgan fingerprint density at radius 2 is 1.52 bits per heavy atom. The van der Waals surface area contributed by atoms with E-state index in [0.29, 0.717) is 23.5 Å². The summed E-state index contributed by atoms with van der Waals surface area (Å²) in [6, 6.07) is 1.29. The third kappa shape index (κ3) is 20.5. The number of carboxylic acid groups (broad SMARTS) is 1. The first kappa shape index (κ1) is 44.7. The number of rotatable bonds is 22. The Balaban J connectivity index is 1.52. The van der Waals surface area contributed by atoms with Crippen molar-refractivity contribution in [1.29, 1.82) is 0 Å². The van der Waals surface area contributed by atoms with E-state index in [4.69, 9.17) is 44.3 Å². The Bertz CT molecular complexity index is 1490. The second-order valence-electron chi connectivity index (χ2n) is 11.1. The summed E-state index contributed by atoms with van der Waals surface area (Å²) >= 11 is 18.4. The molecule has 1 aliphatic heterocycles. The second-order valence-corrected chi connectivity index (χ2v) is 14.9. The summed E-state index contributed by atoms with van der Waals surface area (Å²) in [6.45, 7) is 1.96. The number of amides is 3. The molecule has 1 saturated heterocycles. The highest BCUT2D eigenvalue weighted by Crippen LogP contribution is 2.32. The van der Waals surface area contributed by atoms with Crippen LogP contribution in [0.4, 0.5) is 15.4 Å². The van der Waals surface area contributed by atoms with Crippen molar-refractivity contribution < 1.29 is 29.0 Å². The Hall–Kier alpha value is -3.49. The van der Waals surface area contributed by atoms with E-state index in [-0.39, 0.29) is 31.4 Å². The van der Waals surface area contributed by atoms with Crippen LogP contribution in [0, 0.1) is 0 Å². The highest BCUT2D eigenvalue weighted by Gasteiger charge is 2.31. The fourth-order valence-electron chi connectivity index (χ4n) is 4.38. The molecular formula is C36H48Cl3N5O7S. The summed E-state index contributed by atoms with van der Waals surface area (Å²) in [6.07, 6.45) is 30.8. The number of carbonyl (C=O) groups is 3. The van der Waals surface area contributed by atoms with Crippen LogP contribution in [0.25, 0.3) is 0 Å². The average molecular weight is 801 g/mol. The van der Waals surface area contributed by atoms with Gasteiger partial charge in [0.2, 0.25) is 9.70 Å². The standard InChI is InChI=1S/C36H48Cl3N5O7S/c1-2-3-4-5-6-7-8-9-10-11-12-13-14-15-16-17-18-19-20-21-30(45)40-23-24-41-34(47)50-26-32-51-31(27-52-32)43-25-22-29(42-33(43)46)44(35(48)49)28-36(37,38)39/h3-4,6-7,9-10,12-13,15-16,18-19,22,25,31-32H,2,5,8,11,14,17,20-21,23-24,26-28H2,1H3,(H,40,45)(H,41,47)(H,48,49)/b4-3-,7-6-,10-9-,13-12-,16-15-,19-18-/t31-,32+/m0/s1. The molecule has 0 aromatic carbocycles. The van der Waals surface area contributed by atoms with Crippen LogP contribution < -0.4 is 21.2 Å². The minimum atomic E-state index is -1.91. The lowest BCUT2D eigenvalue weighted by Crippen LogP contribution is -2.39. The van der Waals surface area contributed by atoms with E-state index >= 15 is 0 Å². The fraction of sp³-hybridized carbons (Fsp3) is 0.472. The van der Waals surface area contributed by atoms with Crippen molar-refractivity contribution in [2.75, 3.05) is 36.9 Å². The third-order valence-corrected chi connectivity index (χ3v) is 8.36. The molecule has 0 radical (unpaired) electrons. The molecule has 2 rings (SSSR count). The van der Waals surface area contributed by atoms with Gasteiger partial charge in [-0.2, -0.15) is 4.98 Å². The molecule has 12 nitrogen and oxygen atoms in total. The molecule has 0 unspecified atom stereocenters. The highest BCUT2D eigenvalue weighted by atomic mass is 35.6. The Labute approximate surface area is 324 Å². The van der Waals surface area contributed by atoms with Crippen molar-refractivity contribution in [2.45, 2.75) is 73.7 Å². The van der Waals surface area contributed by atoms with Gasteiger partial charge in [0, 0.05) is 31.5 Å². The van der Waals surface area contributed by atoms with E-state index < -0.39 is 39.9 Å². The zero-order valence-corrected chi connectivity index (χ0v) is 32.3. The fourth-order valence-corrected chi connectivity index (χ4v) is 5.73. The van der Waals surface area contributed by atoms with Crippen molar-refractivity contribution in [1.82, 2.24) is 20.2 Å². The number of carbonyl (C=O) groups excluding carboxylic acids is 2. The zero-order chi connectivity index (χ0) is 38.0. The summed E-state index contributed by atoms with van der Waals surface area (Å²) in [5, 5.41) is 14.7. The average Bonchev–Trinajstić information content (AvgIpc) is 3.57. The third-order valence-electron chi connectivity index (χ3n) is 6.91. The first-order valence-corrected chi connectivity index (χ1v) is 19.2. The van der Waals surface area contributed by atoms with E-state index in [2.05, 4.69) is 83.3 Å². The van der Waals surface area contributed by atoms with Crippen LogP contribution in [0.2, 0.25) is 0 Å². The maximum Gasteiger partial charge on any atom is 0.413 e. The number of alkyl carbamates (subject to hydrolysis) is 1. The van der Waals surface area contributed by atoms with Gasteiger partial charge in [-0.1, -0.05) is 115 Å². The molecule has 2 heterocycles. The van der Waals surface area contributed by atoms with Crippen LogP contribution >= 0.6 is 46.6 Å². The monoisotopic (exact) mass is 799 g/mol. The predicted molar refractivity (Wildman–Crippen MR) is 210 cm³/mol. The maximum absolute atomic E-state index is 12.6. The summed E-state index contributed by atoms with van der Waals surface area (Å²) in [5.74, 6) is 0.0383. The Kier molecular flexibility index (Phi) is 22.6. The van der Waals surface area contributed by atoms with Crippen LogP contribution in [-0.4, -0.2) is 74.0 Å². The van der Waals surface area contributed by atoms with Gasteiger partial charge in [-0.05, 0) is 51.0 Å². The normalized spacial score (nSPS) is 16.7. The van der Waals surface area contributed by atoms with Crippen LogP contribution in [-0.2, 0) is 14.3 Å². The quantitative estimate of drug-likeness (QED) is 0.0602. The number of aromatic nitrogens is 2. The molecule has 0 bridgehead atoms. The van der Waals surface area contributed by atoms with Crippen LogP contribution in [0.1, 0.15) is 64.5 Å². The van der Waals surface area contributed by atoms with Crippen LogP contribution in [0.15, 0.2) is 90.0 Å². The van der Waals surface area contributed by atoms with Gasteiger partial charge in [-0.3, -0.25) is 14.3 Å². The largest absolute Gasteiger partial charge is 0.465 e. The Morgan fingerprint density at radius 3 is 2.06 bits per heavy atom. The first-order chi connectivity index (χ1) is 25.0. The number of anilines is 1. The van der Waals surface area contributed by atoms with Gasteiger partial charge in [0.05, 0.1) is 6.54 Å². The van der Waals surface area contributed by atoms with Crippen molar-refractivity contribution in [3.63, 3.8) is 0 Å². The predicted octanol–water partition coefficient (Wildman–Crippen LogP) is 8.01. The summed E-state index contributed by atoms with van der Waals surface area (Å²) in [5.41, 5.74) is -1.31. The molecule has 286 valence electrons. The number of hydrogen-bond donors (Lipinski definition) is 3. The van der Waals surface area contributed by atoms with Crippen LogP contribution in [0.5, 0.6) is 0 Å². The van der Waals surface area contributed by atoms with Gasteiger partial charge < -0.3 is 25.2 Å². The number of nitrogens with one attached hydrogen (secondary N) is 2. The Morgan fingerprint density at radius 1 is 0.962 bits per heavy atom. The van der Waals surface area contributed by atoms with E-state index in [1.165, 1.54) is 28.6 Å². The summed E-state index contributed by atoms with van der Waals surface area (Å²) in [4.78, 5) is 52.7. The lowest BCUT2D eigenvalue weighted by atomic mass is 10.2. The molecule has 1 aromatic rings. The minimum Gasteiger partial charge on any atom is -0.465 e. The number of halogens is 3. The van der Waals surface area contributed by atoms with Crippen molar-refractivity contribution in [2.24, 2.45) is 0 Å². The smallest absolute Gasteiger partial charge is 0.413 e. The lowest BCUT2D eigenvalue weighted by Gasteiger charge is -2.22. The molecule has 0 saturated carbocycles. The number of alkyl halides is 3. The number of hydrogen-bond acceptors (Lipinski definition) is 8. The lowest BCUT2D eigenvalue weighted by molar-refractivity contribution is -0.120. The topological polar surface area (TPSA) is 152 Å². The molecule has 16 heteroatoms. The first-order valence-electron chi connectivity index (χ1n) is 17.0. The van der Waals surface area contributed by atoms with Gasteiger partial charge in [0.15, 0.2) is 0 Å². The van der Waals surface area contributed by atoms with E-state index in [9.17, 15) is 24.3 Å². The van der Waals surface area contributed by atoms with Crippen molar-refractivity contribution in [3.05, 3.63) is 95.7 Å². The molecule has 0 aliphatic carbocycles. The number of ether oxygens (including phenoxy) is 2. The van der Waals surface area contributed by atoms with Crippen molar-refractivity contribution in [3.8, 4) is 0 Å². The van der Waals surface area contributed by atoms with Gasteiger partial charge in [-0.25, -0.2) is 14.4 Å². The van der Waals surface area contributed by atoms with Gasteiger partial charge >= 0.3 is 17.9 Å². The molecule has 1 aliphatic rings. The molecular weight excluding hydrogens is 753 g/mol. The molecule has 0 spiro atoms. The second kappa shape index (κ2) is 26.3. The number of thioether (sulfide) groups is 1. The van der Waals surface area contributed by atoms with Gasteiger partial charge in [0.1, 0.15) is 24.1 Å².